The molecule has 0 aliphatic carbocycles. The molecule has 5 nitrogen and oxygen atoms in total. The molecule has 112 valence electrons. The Bertz CT molecular complexity index is 487. The molecule has 1 aliphatic heterocycles. The molecule has 1 aromatic carbocycles. The minimum Gasteiger partial charge on any atom is -0.491 e. The molecule has 2 atom stereocenters. The number of para-hydroxylation sites is 1. The summed E-state index contributed by atoms with van der Waals surface area (Å²) in [5.74, 6) is 0.793. The highest BCUT2D eigenvalue weighted by Gasteiger charge is 2.33. The fourth-order valence-electron chi connectivity index (χ4n) is 2.20. The summed E-state index contributed by atoms with van der Waals surface area (Å²) in [4.78, 5) is 11.9. The Labute approximate surface area is 120 Å². The van der Waals surface area contributed by atoms with Gasteiger partial charge in [-0.2, -0.15) is 0 Å². The Kier molecular flexibility index (Phi) is 4.18. The number of ether oxygens (including phenoxy) is 3. The lowest BCUT2D eigenvalue weighted by Crippen LogP contribution is -2.47. The van der Waals surface area contributed by atoms with E-state index in [9.17, 15) is 4.79 Å². The lowest BCUT2D eigenvalue weighted by molar-refractivity contribution is 0.0143. The minimum absolute atomic E-state index is 0. The molecule has 1 aliphatic rings. The molecule has 1 N–H and O–H groups in total. The number of carbonyl (C=O) groups excluding carboxylic acids is 1. The van der Waals surface area contributed by atoms with Crippen molar-refractivity contribution in [3.8, 4) is 5.75 Å². The van der Waals surface area contributed by atoms with Gasteiger partial charge in [-0.1, -0.05) is 18.2 Å². The lowest BCUT2D eigenvalue weighted by Gasteiger charge is -2.33. The van der Waals surface area contributed by atoms with Crippen LogP contribution in [0.1, 0.15) is 33.9 Å². The van der Waals surface area contributed by atoms with Gasteiger partial charge in [-0.3, -0.25) is 0 Å². The Morgan fingerprint density at radius 3 is 2.75 bits per heavy atom. The highest BCUT2D eigenvalue weighted by molar-refractivity contribution is 5.68. The van der Waals surface area contributed by atoms with Crippen LogP contribution in [0.25, 0.3) is 0 Å². The SMILES string of the molecule is COC1c2ccccc2OCC1NC(=O)OC(C)(C)C.[HH]. The van der Waals surface area contributed by atoms with Crippen molar-refractivity contribution < 1.29 is 20.4 Å². The van der Waals surface area contributed by atoms with Gasteiger partial charge in [-0.25, -0.2) is 4.79 Å². The first-order chi connectivity index (χ1) is 9.40. The van der Waals surface area contributed by atoms with Gasteiger partial charge in [0.15, 0.2) is 0 Å². The molecular weight excluding hydrogens is 258 g/mol. The number of nitrogens with one attached hydrogen (secondary N) is 1. The molecule has 1 amide bonds. The zero-order valence-electron chi connectivity index (χ0n) is 12.3. The Hall–Kier alpha value is -1.75. The molecule has 5 heteroatoms. The van der Waals surface area contributed by atoms with Crippen molar-refractivity contribution in [3.05, 3.63) is 29.8 Å². The average molecular weight is 281 g/mol. The monoisotopic (exact) mass is 281 g/mol. The Morgan fingerprint density at radius 1 is 1.40 bits per heavy atom. The maximum absolute atomic E-state index is 11.9. The Morgan fingerprint density at radius 2 is 2.10 bits per heavy atom. The quantitative estimate of drug-likeness (QED) is 0.905. The van der Waals surface area contributed by atoms with Gasteiger partial charge in [0, 0.05) is 14.1 Å². The minimum atomic E-state index is -0.528. The third-order valence-corrected chi connectivity index (χ3v) is 2.97. The zero-order valence-corrected chi connectivity index (χ0v) is 12.3. The van der Waals surface area contributed by atoms with E-state index in [1.54, 1.807) is 7.11 Å². The Balaban J connectivity index is 0.00000220. The summed E-state index contributed by atoms with van der Waals surface area (Å²) in [7, 11) is 1.62. The molecule has 2 rings (SSSR count). The highest BCUT2D eigenvalue weighted by atomic mass is 16.6. The maximum atomic E-state index is 11.9. The van der Waals surface area contributed by atoms with Gasteiger partial charge in [0.2, 0.25) is 0 Å². The molecule has 0 spiro atoms. The molecule has 0 saturated heterocycles. The number of carbonyl (C=O) groups is 1. The molecule has 0 bridgehead atoms. The second-order valence-electron chi connectivity index (χ2n) is 5.76. The van der Waals surface area contributed by atoms with E-state index in [1.807, 2.05) is 45.0 Å². The van der Waals surface area contributed by atoms with Crippen molar-refractivity contribution >= 4 is 6.09 Å². The lowest BCUT2D eigenvalue weighted by atomic mass is 9.99. The second-order valence-corrected chi connectivity index (χ2v) is 5.76. The predicted molar refractivity (Wildman–Crippen MR) is 77.0 cm³/mol. The third-order valence-electron chi connectivity index (χ3n) is 2.97. The average Bonchev–Trinajstić information content (AvgIpc) is 2.36. The van der Waals surface area contributed by atoms with Crippen molar-refractivity contribution in [2.24, 2.45) is 0 Å². The van der Waals surface area contributed by atoms with Crippen LogP contribution in [0.4, 0.5) is 4.79 Å². The fraction of sp³-hybridized carbons (Fsp3) is 0.533. The van der Waals surface area contributed by atoms with Crippen molar-refractivity contribution in [3.63, 3.8) is 0 Å². The summed E-state index contributed by atoms with van der Waals surface area (Å²) in [5.41, 5.74) is 0.405. The first-order valence-electron chi connectivity index (χ1n) is 6.65. The molecule has 0 radical (unpaired) electrons. The second kappa shape index (κ2) is 5.71. The van der Waals surface area contributed by atoms with Crippen molar-refractivity contribution in [1.29, 1.82) is 0 Å². The number of benzene rings is 1. The number of hydrogen-bond acceptors (Lipinski definition) is 4. The van der Waals surface area contributed by atoms with Gasteiger partial charge < -0.3 is 19.5 Å². The molecule has 1 heterocycles. The largest absolute Gasteiger partial charge is 0.491 e. The van der Waals surface area contributed by atoms with Gasteiger partial charge in [-0.15, -0.1) is 0 Å². The first-order valence-corrected chi connectivity index (χ1v) is 6.65. The van der Waals surface area contributed by atoms with Gasteiger partial charge >= 0.3 is 6.09 Å². The normalized spacial score (nSPS) is 21.6. The molecule has 2 unspecified atom stereocenters. The first kappa shape index (κ1) is 14.7. The molecule has 0 saturated carbocycles. The molecule has 20 heavy (non-hydrogen) atoms. The van der Waals surface area contributed by atoms with E-state index in [0.717, 1.165) is 11.3 Å². The predicted octanol–water partition coefficient (Wildman–Crippen LogP) is 2.91. The van der Waals surface area contributed by atoms with Crippen LogP contribution >= 0.6 is 0 Å². The number of hydrogen-bond donors (Lipinski definition) is 1. The van der Waals surface area contributed by atoms with Crippen LogP contribution < -0.4 is 10.1 Å². The summed E-state index contributed by atoms with van der Waals surface area (Å²) < 4.78 is 16.4. The number of rotatable bonds is 2. The molecular formula is C15H23NO4. The molecule has 0 aromatic heterocycles. The van der Waals surface area contributed by atoms with Gasteiger partial charge in [0.1, 0.15) is 24.1 Å². The molecule has 1 aromatic rings. The van der Waals surface area contributed by atoms with E-state index in [1.165, 1.54) is 0 Å². The van der Waals surface area contributed by atoms with E-state index in [2.05, 4.69) is 5.32 Å². The number of fused-ring (bicyclic) bond motifs is 1. The van der Waals surface area contributed by atoms with Gasteiger partial charge in [-0.05, 0) is 26.8 Å². The van der Waals surface area contributed by atoms with Crippen LogP contribution in [0.3, 0.4) is 0 Å². The van der Waals surface area contributed by atoms with Crippen LogP contribution in [-0.2, 0) is 9.47 Å². The van der Waals surface area contributed by atoms with Crippen LogP contribution in [0.5, 0.6) is 5.75 Å². The summed E-state index contributed by atoms with van der Waals surface area (Å²) in [6, 6.07) is 7.39. The van der Waals surface area contributed by atoms with Crippen LogP contribution in [0, 0.1) is 0 Å². The van der Waals surface area contributed by atoms with E-state index < -0.39 is 11.7 Å². The number of methoxy groups -OCH3 is 1. The zero-order chi connectivity index (χ0) is 14.8. The van der Waals surface area contributed by atoms with Crippen molar-refractivity contribution in [1.82, 2.24) is 5.32 Å². The summed E-state index contributed by atoms with van der Waals surface area (Å²) >= 11 is 0. The van der Waals surface area contributed by atoms with E-state index in [0.29, 0.717) is 6.61 Å². The van der Waals surface area contributed by atoms with E-state index in [-0.39, 0.29) is 13.6 Å². The standard InChI is InChI=1S/C15H21NO4.H2/c1-15(2,3)20-14(17)16-11-9-19-12-8-6-5-7-10(12)13(11)18-4;/h5-8,11,13H,9H2,1-4H3,(H,16,17);1H. The molecule has 0 fully saturated rings. The highest BCUT2D eigenvalue weighted by Crippen LogP contribution is 2.33. The number of alkyl carbamates (subject to hydrolysis) is 1. The van der Waals surface area contributed by atoms with E-state index in [4.69, 9.17) is 14.2 Å². The van der Waals surface area contributed by atoms with Crippen molar-refractivity contribution in [2.45, 2.75) is 38.5 Å². The third kappa shape index (κ3) is 3.42. The van der Waals surface area contributed by atoms with Crippen LogP contribution in [0.15, 0.2) is 24.3 Å². The van der Waals surface area contributed by atoms with Crippen LogP contribution in [-0.4, -0.2) is 31.5 Å². The van der Waals surface area contributed by atoms with E-state index >= 15 is 0 Å². The van der Waals surface area contributed by atoms with Gasteiger partial charge in [0.05, 0.1) is 6.04 Å². The summed E-state index contributed by atoms with van der Waals surface area (Å²) in [5, 5.41) is 2.81. The number of amides is 1. The summed E-state index contributed by atoms with van der Waals surface area (Å²) in [6.07, 6.45) is -0.708. The van der Waals surface area contributed by atoms with Gasteiger partial charge in [0.25, 0.3) is 0 Å². The van der Waals surface area contributed by atoms with Crippen molar-refractivity contribution in [2.75, 3.05) is 13.7 Å². The smallest absolute Gasteiger partial charge is 0.408 e. The summed E-state index contributed by atoms with van der Waals surface area (Å²) in [6.45, 7) is 5.84. The maximum Gasteiger partial charge on any atom is 0.408 e. The fourth-order valence-corrected chi connectivity index (χ4v) is 2.20. The van der Waals surface area contributed by atoms with Crippen LogP contribution in [0.2, 0.25) is 0 Å². The topological polar surface area (TPSA) is 56.8 Å².